The predicted octanol–water partition coefficient (Wildman–Crippen LogP) is 2.57. The van der Waals surface area contributed by atoms with Gasteiger partial charge in [0.05, 0.1) is 13.1 Å². The standard InChI is InChI=1S/C12H23F3N2O/c1-4-6-7-17(10(3)5-2)11(18)8-16-9-12(13,14)15/h10,16H,4-9H2,1-3H3. The molecular formula is C12H23F3N2O. The quantitative estimate of drug-likeness (QED) is 0.734. The minimum absolute atomic E-state index is 0.0664. The topological polar surface area (TPSA) is 32.3 Å². The fraction of sp³-hybridized carbons (Fsp3) is 0.917. The third-order valence-corrected chi connectivity index (χ3v) is 2.80. The zero-order valence-corrected chi connectivity index (χ0v) is 11.3. The minimum atomic E-state index is -4.27. The highest BCUT2D eigenvalue weighted by Crippen LogP contribution is 2.12. The molecule has 1 atom stereocenters. The largest absolute Gasteiger partial charge is 0.401 e. The van der Waals surface area contributed by atoms with Crippen LogP contribution in [0, 0.1) is 0 Å². The summed E-state index contributed by atoms with van der Waals surface area (Å²) in [5, 5.41) is 2.14. The molecule has 18 heavy (non-hydrogen) atoms. The van der Waals surface area contributed by atoms with E-state index < -0.39 is 12.7 Å². The van der Waals surface area contributed by atoms with Gasteiger partial charge in [-0.15, -0.1) is 0 Å². The van der Waals surface area contributed by atoms with Crippen molar-refractivity contribution in [1.29, 1.82) is 0 Å². The molecule has 0 aromatic carbocycles. The Morgan fingerprint density at radius 2 is 1.94 bits per heavy atom. The van der Waals surface area contributed by atoms with Gasteiger partial charge in [-0.1, -0.05) is 20.3 Å². The van der Waals surface area contributed by atoms with Gasteiger partial charge in [-0.05, 0) is 19.8 Å². The highest BCUT2D eigenvalue weighted by atomic mass is 19.4. The van der Waals surface area contributed by atoms with E-state index >= 15 is 0 Å². The fourth-order valence-electron chi connectivity index (χ4n) is 1.55. The van der Waals surface area contributed by atoms with Gasteiger partial charge in [0, 0.05) is 12.6 Å². The Hall–Kier alpha value is -0.780. The molecule has 0 aromatic heterocycles. The molecule has 0 saturated carbocycles. The molecule has 1 N–H and O–H groups in total. The van der Waals surface area contributed by atoms with Crippen molar-refractivity contribution in [2.75, 3.05) is 19.6 Å². The zero-order valence-electron chi connectivity index (χ0n) is 11.3. The molecule has 0 rings (SSSR count). The molecule has 0 bridgehead atoms. The summed E-state index contributed by atoms with van der Waals surface area (Å²) in [4.78, 5) is 13.5. The maximum atomic E-state index is 11.9. The van der Waals surface area contributed by atoms with E-state index in [0.29, 0.717) is 6.54 Å². The molecule has 0 spiro atoms. The van der Waals surface area contributed by atoms with E-state index in [0.717, 1.165) is 19.3 Å². The van der Waals surface area contributed by atoms with E-state index in [9.17, 15) is 18.0 Å². The van der Waals surface area contributed by atoms with Crippen molar-refractivity contribution in [2.45, 2.75) is 52.3 Å². The average Bonchev–Trinajstić information content (AvgIpc) is 2.27. The number of alkyl halides is 3. The van der Waals surface area contributed by atoms with Gasteiger partial charge in [0.25, 0.3) is 0 Å². The number of hydrogen-bond acceptors (Lipinski definition) is 2. The van der Waals surface area contributed by atoms with Crippen LogP contribution in [0.3, 0.4) is 0 Å². The van der Waals surface area contributed by atoms with Crippen LogP contribution in [0.4, 0.5) is 13.2 Å². The summed E-state index contributed by atoms with van der Waals surface area (Å²) in [6.45, 7) is 5.12. The van der Waals surface area contributed by atoms with Crippen LogP contribution in [0.25, 0.3) is 0 Å². The van der Waals surface area contributed by atoms with Gasteiger partial charge in [-0.25, -0.2) is 0 Å². The van der Waals surface area contributed by atoms with Crippen LogP contribution < -0.4 is 5.32 Å². The number of carbonyl (C=O) groups excluding carboxylic acids is 1. The zero-order chi connectivity index (χ0) is 14.2. The number of carbonyl (C=O) groups is 1. The molecule has 108 valence electrons. The Balaban J connectivity index is 4.20. The summed E-state index contributed by atoms with van der Waals surface area (Å²) in [6.07, 6.45) is -1.65. The van der Waals surface area contributed by atoms with Crippen LogP contribution in [0.2, 0.25) is 0 Å². The fourth-order valence-corrected chi connectivity index (χ4v) is 1.55. The first-order valence-electron chi connectivity index (χ1n) is 6.38. The highest BCUT2D eigenvalue weighted by Gasteiger charge is 2.27. The summed E-state index contributed by atoms with van der Waals surface area (Å²) in [6, 6.07) is 0.0664. The van der Waals surface area contributed by atoms with E-state index in [2.05, 4.69) is 5.32 Å². The molecule has 6 heteroatoms. The molecule has 0 aromatic rings. The maximum Gasteiger partial charge on any atom is 0.401 e. The molecule has 0 aliphatic heterocycles. The summed E-state index contributed by atoms with van der Waals surface area (Å²) < 4.78 is 35.8. The first-order valence-corrected chi connectivity index (χ1v) is 6.38. The molecule has 0 saturated heterocycles. The molecule has 0 heterocycles. The molecular weight excluding hydrogens is 245 g/mol. The summed E-state index contributed by atoms with van der Waals surface area (Å²) in [5.74, 6) is -0.262. The Kier molecular flexibility index (Phi) is 7.98. The van der Waals surface area contributed by atoms with Crippen LogP contribution in [0.1, 0.15) is 40.0 Å². The molecule has 3 nitrogen and oxygen atoms in total. The number of amides is 1. The Bertz CT molecular complexity index is 244. The first kappa shape index (κ1) is 17.2. The number of unbranched alkanes of at least 4 members (excludes halogenated alkanes) is 1. The van der Waals surface area contributed by atoms with E-state index in [-0.39, 0.29) is 18.5 Å². The third-order valence-electron chi connectivity index (χ3n) is 2.80. The third kappa shape index (κ3) is 7.53. The lowest BCUT2D eigenvalue weighted by Crippen LogP contribution is -2.45. The minimum Gasteiger partial charge on any atom is -0.339 e. The maximum absolute atomic E-state index is 11.9. The number of rotatable bonds is 8. The van der Waals surface area contributed by atoms with Crippen molar-refractivity contribution in [2.24, 2.45) is 0 Å². The molecule has 0 radical (unpaired) electrons. The number of nitrogens with one attached hydrogen (secondary N) is 1. The van der Waals surface area contributed by atoms with Crippen molar-refractivity contribution >= 4 is 5.91 Å². The summed E-state index contributed by atoms with van der Waals surface area (Å²) in [5.41, 5.74) is 0. The van der Waals surface area contributed by atoms with Crippen LogP contribution in [0.5, 0.6) is 0 Å². The lowest BCUT2D eigenvalue weighted by Gasteiger charge is -2.28. The van der Waals surface area contributed by atoms with E-state index in [1.54, 1.807) is 4.90 Å². The molecule has 1 unspecified atom stereocenters. The van der Waals surface area contributed by atoms with Crippen molar-refractivity contribution in [3.05, 3.63) is 0 Å². The SMILES string of the molecule is CCCCN(C(=O)CNCC(F)(F)F)C(C)CC. The van der Waals surface area contributed by atoms with Crippen LogP contribution in [-0.2, 0) is 4.79 Å². The number of nitrogens with zero attached hydrogens (tertiary/aromatic N) is 1. The Morgan fingerprint density at radius 1 is 1.33 bits per heavy atom. The van der Waals surface area contributed by atoms with Crippen molar-refractivity contribution < 1.29 is 18.0 Å². The van der Waals surface area contributed by atoms with Gasteiger partial charge in [-0.2, -0.15) is 13.2 Å². The highest BCUT2D eigenvalue weighted by molar-refractivity contribution is 5.78. The normalized spacial score (nSPS) is 13.4. The second-order valence-electron chi connectivity index (χ2n) is 4.42. The van der Waals surface area contributed by atoms with Crippen molar-refractivity contribution in [1.82, 2.24) is 10.2 Å². The van der Waals surface area contributed by atoms with Gasteiger partial charge >= 0.3 is 6.18 Å². The summed E-state index contributed by atoms with van der Waals surface area (Å²) >= 11 is 0. The first-order chi connectivity index (χ1) is 8.31. The van der Waals surface area contributed by atoms with E-state index in [1.165, 1.54) is 0 Å². The van der Waals surface area contributed by atoms with Gasteiger partial charge in [0.15, 0.2) is 0 Å². The molecule has 1 amide bonds. The van der Waals surface area contributed by atoms with Gasteiger partial charge in [-0.3, -0.25) is 4.79 Å². The van der Waals surface area contributed by atoms with Gasteiger partial charge in [0.1, 0.15) is 0 Å². The lowest BCUT2D eigenvalue weighted by molar-refractivity contribution is -0.135. The van der Waals surface area contributed by atoms with E-state index in [4.69, 9.17) is 0 Å². The second-order valence-corrected chi connectivity index (χ2v) is 4.42. The van der Waals surface area contributed by atoms with Crippen molar-refractivity contribution in [3.8, 4) is 0 Å². The number of halogens is 3. The van der Waals surface area contributed by atoms with Gasteiger partial charge < -0.3 is 10.2 Å². The average molecular weight is 268 g/mol. The monoisotopic (exact) mass is 268 g/mol. The lowest BCUT2D eigenvalue weighted by atomic mass is 10.2. The van der Waals surface area contributed by atoms with Crippen LogP contribution >= 0.6 is 0 Å². The van der Waals surface area contributed by atoms with Crippen LogP contribution in [0.15, 0.2) is 0 Å². The molecule has 0 fully saturated rings. The van der Waals surface area contributed by atoms with E-state index in [1.807, 2.05) is 20.8 Å². The Labute approximate surface area is 107 Å². The smallest absolute Gasteiger partial charge is 0.339 e. The molecule has 0 aliphatic carbocycles. The predicted molar refractivity (Wildman–Crippen MR) is 65.3 cm³/mol. The summed E-state index contributed by atoms with van der Waals surface area (Å²) in [7, 11) is 0. The molecule has 0 aliphatic rings. The number of hydrogen-bond donors (Lipinski definition) is 1. The van der Waals surface area contributed by atoms with Gasteiger partial charge in [0.2, 0.25) is 5.91 Å². The second kappa shape index (κ2) is 8.34. The van der Waals surface area contributed by atoms with Crippen LogP contribution in [-0.4, -0.2) is 42.7 Å². The Morgan fingerprint density at radius 3 is 2.39 bits per heavy atom. The van der Waals surface area contributed by atoms with Crippen molar-refractivity contribution in [3.63, 3.8) is 0 Å².